The number of ether oxygens (including phenoxy) is 1. The second kappa shape index (κ2) is 5.75. The third kappa shape index (κ3) is 2.66. The Bertz CT molecular complexity index is 357. The SMILES string of the molecule is CCOC(CC)c1nc(C)c(F)c(NC)n1. The molecule has 1 atom stereocenters. The Hall–Kier alpha value is -1.23. The fraction of sp³-hybridized carbons (Fsp3) is 0.636. The minimum absolute atomic E-state index is 0.170. The van der Waals surface area contributed by atoms with Crippen molar-refractivity contribution in [1.29, 1.82) is 0 Å². The number of halogens is 1. The minimum atomic E-state index is -0.405. The van der Waals surface area contributed by atoms with Gasteiger partial charge >= 0.3 is 0 Å². The molecular formula is C11H18FN3O. The molecule has 0 aliphatic heterocycles. The molecular weight excluding hydrogens is 209 g/mol. The van der Waals surface area contributed by atoms with Crippen molar-refractivity contribution in [2.75, 3.05) is 19.0 Å². The van der Waals surface area contributed by atoms with Gasteiger partial charge in [-0.25, -0.2) is 14.4 Å². The lowest BCUT2D eigenvalue weighted by Crippen LogP contribution is -2.12. The van der Waals surface area contributed by atoms with Crippen LogP contribution in [0.3, 0.4) is 0 Å². The van der Waals surface area contributed by atoms with Gasteiger partial charge in [-0.3, -0.25) is 0 Å². The zero-order chi connectivity index (χ0) is 12.1. The molecule has 4 nitrogen and oxygen atoms in total. The quantitative estimate of drug-likeness (QED) is 0.839. The first-order chi connectivity index (χ1) is 7.63. The maximum atomic E-state index is 13.5. The smallest absolute Gasteiger partial charge is 0.186 e. The molecule has 0 fully saturated rings. The molecule has 0 saturated carbocycles. The van der Waals surface area contributed by atoms with Crippen LogP contribution in [-0.2, 0) is 4.74 Å². The summed E-state index contributed by atoms with van der Waals surface area (Å²) in [5.41, 5.74) is 0.340. The van der Waals surface area contributed by atoms with Crippen LogP contribution in [0.15, 0.2) is 0 Å². The monoisotopic (exact) mass is 227 g/mol. The summed E-state index contributed by atoms with van der Waals surface area (Å²) in [4.78, 5) is 8.24. The van der Waals surface area contributed by atoms with Gasteiger partial charge in [-0.2, -0.15) is 0 Å². The molecule has 1 aromatic rings. The topological polar surface area (TPSA) is 47.0 Å². The molecule has 1 rings (SSSR count). The van der Waals surface area contributed by atoms with Crippen LogP contribution in [0, 0.1) is 12.7 Å². The summed E-state index contributed by atoms with van der Waals surface area (Å²) in [6.45, 7) is 6.12. The van der Waals surface area contributed by atoms with E-state index in [0.717, 1.165) is 6.42 Å². The molecule has 1 heterocycles. The largest absolute Gasteiger partial charge is 0.371 e. The van der Waals surface area contributed by atoms with Crippen LogP contribution in [0.25, 0.3) is 0 Å². The van der Waals surface area contributed by atoms with Gasteiger partial charge in [0.2, 0.25) is 0 Å². The van der Waals surface area contributed by atoms with Crippen molar-refractivity contribution in [3.05, 3.63) is 17.3 Å². The fourth-order valence-electron chi connectivity index (χ4n) is 1.47. The van der Waals surface area contributed by atoms with Gasteiger partial charge in [0.05, 0.1) is 5.69 Å². The third-order valence-corrected chi connectivity index (χ3v) is 2.30. The Morgan fingerprint density at radius 1 is 1.38 bits per heavy atom. The summed E-state index contributed by atoms with van der Waals surface area (Å²) in [5, 5.41) is 2.72. The van der Waals surface area contributed by atoms with Crippen molar-refractivity contribution in [3.63, 3.8) is 0 Å². The van der Waals surface area contributed by atoms with Gasteiger partial charge in [-0.05, 0) is 20.3 Å². The number of rotatable bonds is 5. The molecule has 90 valence electrons. The highest BCUT2D eigenvalue weighted by Gasteiger charge is 2.17. The number of hydrogen-bond acceptors (Lipinski definition) is 4. The van der Waals surface area contributed by atoms with Gasteiger partial charge in [0.1, 0.15) is 6.10 Å². The van der Waals surface area contributed by atoms with Crippen LogP contribution in [0.5, 0.6) is 0 Å². The zero-order valence-corrected chi connectivity index (χ0v) is 10.2. The Labute approximate surface area is 95.3 Å². The van der Waals surface area contributed by atoms with E-state index in [9.17, 15) is 4.39 Å². The van der Waals surface area contributed by atoms with Crippen LogP contribution < -0.4 is 5.32 Å². The molecule has 0 saturated heterocycles. The van der Waals surface area contributed by atoms with Gasteiger partial charge in [0.25, 0.3) is 0 Å². The highest BCUT2D eigenvalue weighted by Crippen LogP contribution is 2.21. The van der Waals surface area contributed by atoms with E-state index >= 15 is 0 Å². The van der Waals surface area contributed by atoms with E-state index in [-0.39, 0.29) is 11.9 Å². The predicted molar refractivity (Wildman–Crippen MR) is 60.9 cm³/mol. The lowest BCUT2D eigenvalue weighted by Gasteiger charge is -2.15. The first-order valence-electron chi connectivity index (χ1n) is 5.47. The molecule has 0 amide bonds. The molecule has 0 aliphatic carbocycles. The summed E-state index contributed by atoms with van der Waals surface area (Å²) in [5.74, 6) is 0.353. The average Bonchev–Trinajstić information content (AvgIpc) is 2.29. The second-order valence-electron chi connectivity index (χ2n) is 3.43. The summed E-state index contributed by atoms with van der Waals surface area (Å²) < 4.78 is 19.0. The summed E-state index contributed by atoms with van der Waals surface area (Å²) in [6, 6.07) is 0. The van der Waals surface area contributed by atoms with E-state index < -0.39 is 5.82 Å². The van der Waals surface area contributed by atoms with E-state index in [0.29, 0.717) is 18.1 Å². The number of anilines is 1. The van der Waals surface area contributed by atoms with Crippen LogP contribution in [-0.4, -0.2) is 23.6 Å². The Kier molecular flexibility index (Phi) is 4.61. The number of aromatic nitrogens is 2. The van der Waals surface area contributed by atoms with E-state index in [1.807, 2.05) is 13.8 Å². The van der Waals surface area contributed by atoms with Crippen molar-refractivity contribution < 1.29 is 9.13 Å². The lowest BCUT2D eigenvalue weighted by atomic mass is 10.2. The number of nitrogens with zero attached hydrogens (tertiary/aromatic N) is 2. The first-order valence-corrected chi connectivity index (χ1v) is 5.47. The minimum Gasteiger partial charge on any atom is -0.371 e. The average molecular weight is 227 g/mol. The van der Waals surface area contributed by atoms with Gasteiger partial charge in [-0.15, -0.1) is 0 Å². The van der Waals surface area contributed by atoms with Crippen LogP contribution in [0.2, 0.25) is 0 Å². The van der Waals surface area contributed by atoms with Crippen LogP contribution in [0.1, 0.15) is 37.9 Å². The normalized spacial score (nSPS) is 12.6. The summed E-state index contributed by atoms with van der Waals surface area (Å²) in [6.07, 6.45) is 0.596. The van der Waals surface area contributed by atoms with Crippen molar-refractivity contribution in [2.24, 2.45) is 0 Å². The van der Waals surface area contributed by atoms with Crippen LogP contribution in [0.4, 0.5) is 10.2 Å². The molecule has 0 aliphatic rings. The molecule has 1 unspecified atom stereocenters. The Morgan fingerprint density at radius 2 is 2.06 bits per heavy atom. The third-order valence-electron chi connectivity index (χ3n) is 2.30. The van der Waals surface area contributed by atoms with E-state index in [4.69, 9.17) is 4.74 Å². The lowest BCUT2D eigenvalue weighted by molar-refractivity contribution is 0.0533. The first kappa shape index (κ1) is 12.8. The maximum Gasteiger partial charge on any atom is 0.186 e. The zero-order valence-electron chi connectivity index (χ0n) is 10.2. The van der Waals surface area contributed by atoms with Crippen molar-refractivity contribution in [2.45, 2.75) is 33.3 Å². The van der Waals surface area contributed by atoms with Crippen molar-refractivity contribution in [3.8, 4) is 0 Å². The van der Waals surface area contributed by atoms with Crippen molar-refractivity contribution in [1.82, 2.24) is 9.97 Å². The molecule has 0 spiro atoms. The number of nitrogens with one attached hydrogen (secondary N) is 1. The Balaban J connectivity index is 3.08. The summed E-state index contributed by atoms with van der Waals surface area (Å²) >= 11 is 0. The molecule has 0 bridgehead atoms. The predicted octanol–water partition coefficient (Wildman–Crippen LogP) is 2.45. The van der Waals surface area contributed by atoms with Gasteiger partial charge in [0, 0.05) is 13.7 Å². The van der Waals surface area contributed by atoms with Gasteiger partial charge < -0.3 is 10.1 Å². The Morgan fingerprint density at radius 3 is 2.56 bits per heavy atom. The number of hydrogen-bond donors (Lipinski definition) is 1. The standard InChI is InChI=1S/C11H18FN3O/c1-5-8(16-6-2)10-14-7(3)9(12)11(13-4)15-10/h8H,5-6H2,1-4H3,(H,13,14,15). The van der Waals surface area contributed by atoms with E-state index in [1.165, 1.54) is 0 Å². The fourth-order valence-corrected chi connectivity index (χ4v) is 1.47. The number of aryl methyl sites for hydroxylation is 1. The highest BCUT2D eigenvalue weighted by molar-refractivity contribution is 5.37. The summed E-state index contributed by atoms with van der Waals surface area (Å²) in [7, 11) is 1.64. The van der Waals surface area contributed by atoms with Crippen LogP contribution >= 0.6 is 0 Å². The van der Waals surface area contributed by atoms with Gasteiger partial charge in [0.15, 0.2) is 17.5 Å². The van der Waals surface area contributed by atoms with E-state index in [1.54, 1.807) is 14.0 Å². The molecule has 16 heavy (non-hydrogen) atoms. The van der Waals surface area contributed by atoms with Gasteiger partial charge in [-0.1, -0.05) is 6.92 Å². The molecule has 1 aromatic heterocycles. The maximum absolute atomic E-state index is 13.5. The van der Waals surface area contributed by atoms with Crippen molar-refractivity contribution >= 4 is 5.82 Å². The molecule has 5 heteroatoms. The highest BCUT2D eigenvalue weighted by atomic mass is 19.1. The molecule has 0 aromatic carbocycles. The second-order valence-corrected chi connectivity index (χ2v) is 3.43. The molecule has 0 radical (unpaired) electrons. The van der Waals surface area contributed by atoms with E-state index in [2.05, 4.69) is 15.3 Å². The molecule has 1 N–H and O–H groups in total.